The number of hydrogen-bond acceptors (Lipinski definition) is 8. The van der Waals surface area contributed by atoms with Gasteiger partial charge in [-0.3, -0.25) is 9.69 Å². The number of hydrogen-bond donors (Lipinski definition) is 1. The normalized spacial score (nSPS) is 18.0. The minimum atomic E-state index is -0.106. The predicted molar refractivity (Wildman–Crippen MR) is 153 cm³/mol. The van der Waals surface area contributed by atoms with Crippen LogP contribution >= 0.6 is 11.6 Å². The number of morpholine rings is 1. The second kappa shape index (κ2) is 12.6. The van der Waals surface area contributed by atoms with Gasteiger partial charge in [-0.15, -0.1) is 0 Å². The Morgan fingerprint density at radius 1 is 1.15 bits per heavy atom. The summed E-state index contributed by atoms with van der Waals surface area (Å²) in [6.07, 6.45) is 4.60. The van der Waals surface area contributed by atoms with E-state index in [0.717, 1.165) is 60.7 Å². The van der Waals surface area contributed by atoms with E-state index in [1.165, 1.54) is 0 Å². The average Bonchev–Trinajstić information content (AvgIpc) is 2.94. The van der Waals surface area contributed by atoms with E-state index in [1.54, 1.807) is 12.2 Å². The number of anilines is 1. The number of fused-ring (bicyclic) bond motifs is 1. The van der Waals surface area contributed by atoms with E-state index >= 15 is 0 Å². The molecule has 2 aromatic carbocycles. The van der Waals surface area contributed by atoms with Gasteiger partial charge in [-0.05, 0) is 56.7 Å². The third-order valence-electron chi connectivity index (χ3n) is 6.75. The molecule has 1 aliphatic heterocycles. The number of ketones is 1. The maximum absolute atomic E-state index is 11.8. The quantitative estimate of drug-likeness (QED) is 0.329. The van der Waals surface area contributed by atoms with Crippen molar-refractivity contribution in [3.05, 3.63) is 65.3 Å². The first-order valence-corrected chi connectivity index (χ1v) is 13.7. The van der Waals surface area contributed by atoms with Gasteiger partial charge in [0.25, 0.3) is 0 Å². The number of nitrogens with zero attached hydrogens (tertiary/aromatic N) is 3. The number of ether oxygens (including phenoxy) is 3. The van der Waals surface area contributed by atoms with Gasteiger partial charge in [-0.1, -0.05) is 29.8 Å². The molecule has 0 bridgehead atoms. The van der Waals surface area contributed by atoms with Gasteiger partial charge in [0.05, 0.1) is 37.0 Å². The molecule has 1 N–H and O–H groups in total. The van der Waals surface area contributed by atoms with Gasteiger partial charge in [0.1, 0.15) is 17.3 Å². The van der Waals surface area contributed by atoms with Gasteiger partial charge in [-0.2, -0.15) is 0 Å². The Morgan fingerprint density at radius 2 is 2.03 bits per heavy atom. The van der Waals surface area contributed by atoms with E-state index in [4.69, 9.17) is 35.8 Å². The first-order valence-electron chi connectivity index (χ1n) is 13.4. The van der Waals surface area contributed by atoms with E-state index in [0.29, 0.717) is 36.6 Å². The van der Waals surface area contributed by atoms with Crippen molar-refractivity contribution in [2.75, 3.05) is 44.8 Å². The summed E-state index contributed by atoms with van der Waals surface area (Å²) in [6, 6.07) is 14.0. The van der Waals surface area contributed by atoms with E-state index < -0.39 is 0 Å². The molecule has 8 nitrogen and oxygen atoms in total. The summed E-state index contributed by atoms with van der Waals surface area (Å²) in [6.45, 7) is 8.85. The maximum atomic E-state index is 11.8. The number of benzene rings is 2. The van der Waals surface area contributed by atoms with Crippen molar-refractivity contribution >= 4 is 34.1 Å². The molecule has 2 heterocycles. The number of carbonyl (C=O) groups excluding carboxylic acids is 1. The Bertz CT molecular complexity index is 1410. The molecular formula is C30H33ClN4O4. The molecule has 0 radical (unpaired) electrons. The number of aromatic nitrogens is 2. The lowest BCUT2D eigenvalue weighted by Crippen LogP contribution is -2.44. The second-order valence-corrected chi connectivity index (χ2v) is 10.0. The molecule has 0 amide bonds. The Morgan fingerprint density at radius 3 is 2.85 bits per heavy atom. The summed E-state index contributed by atoms with van der Waals surface area (Å²) in [5.74, 6) is 2.56. The molecule has 1 fully saturated rings. The minimum absolute atomic E-state index is 0.106. The van der Waals surface area contributed by atoms with Crippen LogP contribution in [0.25, 0.3) is 22.3 Å². The summed E-state index contributed by atoms with van der Waals surface area (Å²) in [5, 5.41) is 4.34. The summed E-state index contributed by atoms with van der Waals surface area (Å²) < 4.78 is 17.3. The first-order chi connectivity index (χ1) is 19.0. The lowest BCUT2D eigenvalue weighted by Gasteiger charge is -2.33. The van der Waals surface area contributed by atoms with Crippen LogP contribution in [0, 0.1) is 0 Å². The molecular weight excluding hydrogens is 516 g/mol. The fourth-order valence-electron chi connectivity index (χ4n) is 4.66. The predicted octanol–water partition coefficient (Wildman–Crippen LogP) is 5.58. The number of carbonyl (C=O) groups is 1. The van der Waals surface area contributed by atoms with Gasteiger partial charge in [-0.25, -0.2) is 9.97 Å². The van der Waals surface area contributed by atoms with Crippen molar-refractivity contribution in [2.45, 2.75) is 32.7 Å². The number of rotatable bonds is 10. The van der Waals surface area contributed by atoms with Crippen LogP contribution in [0.2, 0.25) is 0 Å². The zero-order valence-electron chi connectivity index (χ0n) is 22.3. The molecule has 1 atom stereocenters. The van der Waals surface area contributed by atoms with Crippen molar-refractivity contribution < 1.29 is 19.0 Å². The molecule has 2 aliphatic rings. The number of nitrogens with one attached hydrogen (secondary N) is 1. The molecule has 9 heteroatoms. The molecule has 0 saturated carbocycles. The van der Waals surface area contributed by atoms with Crippen molar-refractivity contribution in [1.29, 1.82) is 0 Å². The summed E-state index contributed by atoms with van der Waals surface area (Å²) in [5.41, 5.74) is 2.31. The van der Waals surface area contributed by atoms with Crippen LogP contribution in [-0.2, 0) is 9.53 Å². The van der Waals surface area contributed by atoms with E-state index in [-0.39, 0.29) is 17.2 Å². The highest BCUT2D eigenvalue weighted by molar-refractivity contribution is 6.43. The average molecular weight is 549 g/mol. The first kappa shape index (κ1) is 27.1. The van der Waals surface area contributed by atoms with Crippen LogP contribution in [0.5, 0.6) is 11.5 Å². The Labute approximate surface area is 233 Å². The molecule has 1 saturated heterocycles. The molecule has 1 unspecified atom stereocenters. The second-order valence-electron chi connectivity index (χ2n) is 9.60. The monoisotopic (exact) mass is 548 g/mol. The standard InChI is InChI=1S/C30H33ClN4O4/c1-3-38-24-9-10-27-25(18-24)30(32-22-8-11-28(36)26(31)17-22)34-29(33-27)21-6-4-7-23(16-21)39-14-5-12-35-13-15-37-19-20(35)2/h4,6-10,16-18,20H,3,5,11-15,19H2,1-2H3,(H,32,33,34). The fraction of sp³-hybridized carbons (Fsp3) is 0.367. The SMILES string of the molecule is CCOc1ccc2nc(-c3cccc(OCCCN4CCOCC4C)c3)nc(NC3=CCC(=O)C(Cl)=C3)c2c1. The summed E-state index contributed by atoms with van der Waals surface area (Å²) in [7, 11) is 0. The van der Waals surface area contributed by atoms with Crippen molar-refractivity contribution in [2.24, 2.45) is 0 Å². The van der Waals surface area contributed by atoms with Crippen molar-refractivity contribution in [3.63, 3.8) is 0 Å². The highest BCUT2D eigenvalue weighted by Crippen LogP contribution is 2.31. The topological polar surface area (TPSA) is 85.8 Å². The van der Waals surface area contributed by atoms with Gasteiger partial charge >= 0.3 is 0 Å². The van der Waals surface area contributed by atoms with Gasteiger partial charge in [0.15, 0.2) is 11.6 Å². The molecule has 5 rings (SSSR count). The number of halogens is 1. The largest absolute Gasteiger partial charge is 0.494 e. The van der Waals surface area contributed by atoms with Crippen LogP contribution < -0.4 is 14.8 Å². The number of allylic oxidation sites excluding steroid dienone is 3. The molecule has 39 heavy (non-hydrogen) atoms. The van der Waals surface area contributed by atoms with Gasteiger partial charge < -0.3 is 19.5 Å². The van der Waals surface area contributed by atoms with E-state index in [9.17, 15) is 4.79 Å². The summed E-state index contributed by atoms with van der Waals surface area (Å²) in [4.78, 5) is 24.0. The zero-order valence-corrected chi connectivity index (χ0v) is 23.0. The van der Waals surface area contributed by atoms with E-state index in [2.05, 4.69) is 17.1 Å². The van der Waals surface area contributed by atoms with Crippen LogP contribution in [0.3, 0.4) is 0 Å². The van der Waals surface area contributed by atoms with Gasteiger partial charge in [0.2, 0.25) is 0 Å². The molecule has 0 spiro atoms. The summed E-state index contributed by atoms with van der Waals surface area (Å²) >= 11 is 6.12. The lowest BCUT2D eigenvalue weighted by atomic mass is 10.1. The Kier molecular flexibility index (Phi) is 8.76. The third kappa shape index (κ3) is 6.76. The fourth-order valence-corrected chi connectivity index (χ4v) is 4.86. The van der Waals surface area contributed by atoms with Crippen LogP contribution in [-0.4, -0.2) is 66.2 Å². The maximum Gasteiger partial charge on any atom is 0.178 e. The van der Waals surface area contributed by atoms with E-state index in [1.807, 2.05) is 49.4 Å². The van der Waals surface area contributed by atoms with Crippen molar-refractivity contribution in [1.82, 2.24) is 14.9 Å². The highest BCUT2D eigenvalue weighted by Gasteiger charge is 2.18. The molecule has 204 valence electrons. The Balaban J connectivity index is 1.37. The molecule has 1 aromatic heterocycles. The highest BCUT2D eigenvalue weighted by atomic mass is 35.5. The minimum Gasteiger partial charge on any atom is -0.494 e. The van der Waals surface area contributed by atoms with Crippen LogP contribution in [0.4, 0.5) is 5.82 Å². The molecule has 3 aromatic rings. The lowest BCUT2D eigenvalue weighted by molar-refractivity contribution is -0.114. The smallest absolute Gasteiger partial charge is 0.178 e. The third-order valence-corrected chi connectivity index (χ3v) is 7.07. The number of Topliss-reactive ketones (excluding diaryl/α,β-unsaturated/α-hetero) is 1. The zero-order chi connectivity index (χ0) is 27.2. The van der Waals surface area contributed by atoms with Crippen LogP contribution in [0.15, 0.2) is 65.3 Å². The Hall–Kier alpha value is -3.46. The molecule has 1 aliphatic carbocycles. The van der Waals surface area contributed by atoms with Crippen LogP contribution in [0.1, 0.15) is 26.7 Å². The van der Waals surface area contributed by atoms with Gasteiger partial charge in [0, 0.05) is 42.2 Å². The van der Waals surface area contributed by atoms with Crippen molar-refractivity contribution in [3.8, 4) is 22.9 Å².